The molecule has 0 spiro atoms. The lowest BCUT2D eigenvalue weighted by molar-refractivity contribution is 0.0458. The molecular formula is C29H42FNO3S. The maximum Gasteiger partial charge on any atom is 0.217 e. The van der Waals surface area contributed by atoms with Gasteiger partial charge in [0.05, 0.1) is 5.25 Å². The molecule has 3 aliphatic rings. The van der Waals surface area contributed by atoms with Crippen LogP contribution in [0.5, 0.6) is 0 Å². The fraction of sp³-hybridized carbons (Fsp3) is 0.586. The van der Waals surface area contributed by atoms with E-state index in [1.807, 2.05) is 25.1 Å². The third kappa shape index (κ3) is 7.14. The first-order chi connectivity index (χ1) is 16.8. The van der Waals surface area contributed by atoms with Gasteiger partial charge in [0, 0.05) is 31.4 Å². The van der Waals surface area contributed by atoms with Crippen LogP contribution in [0.25, 0.3) is 0 Å². The number of hydrogen-bond donors (Lipinski definition) is 0. The molecule has 0 unspecified atom stereocenters. The number of hydrogen-bond acceptors (Lipinski definition) is 3. The van der Waals surface area contributed by atoms with Gasteiger partial charge in [-0.05, 0) is 69.4 Å². The average molecular weight is 504 g/mol. The highest BCUT2D eigenvalue weighted by Crippen LogP contribution is 2.40. The average Bonchev–Trinajstić information content (AvgIpc) is 3.18. The van der Waals surface area contributed by atoms with Crippen molar-refractivity contribution in [3.05, 3.63) is 71.6 Å². The van der Waals surface area contributed by atoms with Crippen LogP contribution >= 0.6 is 0 Å². The molecule has 0 aromatic heterocycles. The second kappa shape index (κ2) is 13.0. The van der Waals surface area contributed by atoms with Crippen LogP contribution < -0.4 is 0 Å². The summed E-state index contributed by atoms with van der Waals surface area (Å²) in [5.74, 6) is -0.291. The van der Waals surface area contributed by atoms with E-state index in [1.54, 1.807) is 19.1 Å². The zero-order chi connectivity index (χ0) is 25.3. The van der Waals surface area contributed by atoms with Crippen LogP contribution in [0.1, 0.15) is 83.3 Å². The largest absolute Gasteiger partial charge is 0.381 e. The molecule has 0 bridgehead atoms. The van der Waals surface area contributed by atoms with Crippen LogP contribution in [0.15, 0.2) is 54.7 Å². The van der Waals surface area contributed by atoms with E-state index in [0.29, 0.717) is 25.2 Å². The fourth-order valence-electron chi connectivity index (χ4n) is 5.15. The molecule has 2 heterocycles. The number of halogens is 1. The van der Waals surface area contributed by atoms with Crippen molar-refractivity contribution < 1.29 is 17.5 Å². The van der Waals surface area contributed by atoms with Crippen LogP contribution in [-0.2, 0) is 26.7 Å². The summed E-state index contributed by atoms with van der Waals surface area (Å²) in [7, 11) is -3.37. The molecule has 2 atom stereocenters. The molecule has 0 N–H and O–H groups in total. The lowest BCUT2D eigenvalue weighted by atomic mass is 9.70. The Bertz CT molecular complexity index is 995. The third-order valence-electron chi connectivity index (χ3n) is 7.65. The van der Waals surface area contributed by atoms with Crippen LogP contribution in [0.4, 0.5) is 4.39 Å². The normalized spacial score (nSPS) is 25.5. The van der Waals surface area contributed by atoms with Gasteiger partial charge < -0.3 is 4.74 Å². The number of sulfonamides is 1. The zero-order valence-electron chi connectivity index (χ0n) is 21.6. The molecule has 0 saturated carbocycles. The van der Waals surface area contributed by atoms with Gasteiger partial charge in [-0.3, -0.25) is 0 Å². The molecule has 4 rings (SSSR count). The van der Waals surface area contributed by atoms with E-state index in [1.165, 1.54) is 4.31 Å². The molecule has 0 radical (unpaired) electrons. The Hall–Kier alpha value is -1.76. The van der Waals surface area contributed by atoms with E-state index in [2.05, 4.69) is 31.2 Å². The Balaban J connectivity index is 0.000000420. The molecule has 1 aliphatic carbocycles. The highest BCUT2D eigenvalue weighted by atomic mass is 32.2. The topological polar surface area (TPSA) is 46.6 Å². The molecule has 1 aromatic carbocycles. The summed E-state index contributed by atoms with van der Waals surface area (Å²) >= 11 is 0. The quantitative estimate of drug-likeness (QED) is 0.428. The van der Waals surface area contributed by atoms with Crippen LogP contribution in [0.3, 0.4) is 0 Å². The second-order valence-electron chi connectivity index (χ2n) is 10.1. The third-order valence-corrected chi connectivity index (χ3v) is 10.0. The predicted molar refractivity (Wildman–Crippen MR) is 142 cm³/mol. The zero-order valence-corrected chi connectivity index (χ0v) is 22.4. The number of ether oxygens (including phenoxy) is 1. The van der Waals surface area contributed by atoms with Gasteiger partial charge in [-0.1, -0.05) is 68.4 Å². The van der Waals surface area contributed by atoms with Crippen molar-refractivity contribution in [2.75, 3.05) is 13.2 Å². The van der Waals surface area contributed by atoms with Crippen molar-refractivity contribution in [2.24, 2.45) is 0 Å². The monoisotopic (exact) mass is 503 g/mol. The Kier molecular flexibility index (Phi) is 10.3. The highest BCUT2D eigenvalue weighted by Gasteiger charge is 2.38. The summed E-state index contributed by atoms with van der Waals surface area (Å²) in [5.41, 5.74) is 1.48. The first-order valence-corrected chi connectivity index (χ1v) is 14.7. The van der Waals surface area contributed by atoms with E-state index >= 15 is 4.39 Å². The molecule has 1 aromatic rings. The van der Waals surface area contributed by atoms with Gasteiger partial charge in [0.25, 0.3) is 0 Å². The van der Waals surface area contributed by atoms with Gasteiger partial charge in [0.2, 0.25) is 10.0 Å². The molecule has 2 saturated heterocycles. The summed E-state index contributed by atoms with van der Waals surface area (Å²) in [4.78, 5) is 0. The van der Waals surface area contributed by atoms with Crippen molar-refractivity contribution in [2.45, 2.75) is 95.4 Å². The standard InChI is InChI=1S/C22H34FNO3S.C7H8/c1-4-5-10-22(11-13-27-14-12-22)20-9-8-19(21(23)15-20)16-24-17(2)6-7-18(3)28(24,25)26;1-2-4-6-7-5-3-1/h8-9,15,17-18H,4-7,10-14,16H2,1-3H3;1-6H,7H2/t17-,18-;/m0./s1. The molecule has 2 fully saturated rings. The van der Waals surface area contributed by atoms with E-state index in [4.69, 9.17) is 4.74 Å². The maximum absolute atomic E-state index is 15.1. The van der Waals surface area contributed by atoms with E-state index < -0.39 is 15.3 Å². The molecule has 35 heavy (non-hydrogen) atoms. The van der Waals surface area contributed by atoms with Crippen molar-refractivity contribution >= 4 is 10.0 Å². The number of benzene rings is 1. The van der Waals surface area contributed by atoms with Crippen molar-refractivity contribution in [1.29, 1.82) is 0 Å². The number of nitrogens with zero attached hydrogens (tertiary/aromatic N) is 1. The van der Waals surface area contributed by atoms with Crippen LogP contribution in [0, 0.1) is 5.82 Å². The highest BCUT2D eigenvalue weighted by molar-refractivity contribution is 7.89. The van der Waals surface area contributed by atoms with Gasteiger partial charge in [-0.2, -0.15) is 4.31 Å². The van der Waals surface area contributed by atoms with E-state index in [9.17, 15) is 8.42 Å². The second-order valence-corrected chi connectivity index (χ2v) is 12.4. The van der Waals surface area contributed by atoms with Crippen LogP contribution in [0.2, 0.25) is 0 Å². The first kappa shape index (κ1) is 27.8. The van der Waals surface area contributed by atoms with Gasteiger partial charge in [0.1, 0.15) is 5.82 Å². The lowest BCUT2D eigenvalue weighted by Crippen LogP contribution is -2.47. The summed E-state index contributed by atoms with van der Waals surface area (Å²) in [6, 6.07) is 5.38. The van der Waals surface area contributed by atoms with Crippen molar-refractivity contribution in [3.8, 4) is 0 Å². The molecule has 0 amide bonds. The first-order valence-electron chi connectivity index (χ1n) is 13.2. The van der Waals surface area contributed by atoms with Gasteiger partial charge in [-0.15, -0.1) is 0 Å². The molecular weight excluding hydrogens is 461 g/mol. The predicted octanol–water partition coefficient (Wildman–Crippen LogP) is 6.83. The smallest absolute Gasteiger partial charge is 0.217 e. The van der Waals surface area contributed by atoms with E-state index in [-0.39, 0.29) is 23.8 Å². The summed E-state index contributed by atoms with van der Waals surface area (Å²) in [5, 5.41) is -0.398. The minimum absolute atomic E-state index is 0.0212. The summed E-state index contributed by atoms with van der Waals surface area (Å²) in [6.45, 7) is 7.39. The molecule has 194 valence electrons. The lowest BCUT2D eigenvalue weighted by Gasteiger charge is -2.38. The molecule has 6 heteroatoms. The molecule has 2 aliphatic heterocycles. The number of unbranched alkanes of at least 4 members (excludes halogenated alkanes) is 1. The Morgan fingerprint density at radius 1 is 1.06 bits per heavy atom. The van der Waals surface area contributed by atoms with Gasteiger partial charge in [-0.25, -0.2) is 12.8 Å². The van der Waals surface area contributed by atoms with E-state index in [0.717, 1.165) is 50.5 Å². The van der Waals surface area contributed by atoms with Crippen molar-refractivity contribution in [3.63, 3.8) is 0 Å². The SMILES string of the molecule is C1=CC=CCC=C1.CCCCC1(c2ccc(CN3[C@@H](C)CC[C@H](C)S3(=O)=O)c(F)c2)CCOCC1. The summed E-state index contributed by atoms with van der Waals surface area (Å²) in [6.07, 6.45) is 20.1. The summed E-state index contributed by atoms with van der Waals surface area (Å²) < 4.78 is 47.5. The minimum atomic E-state index is -3.37. The Labute approximate surface area is 212 Å². The minimum Gasteiger partial charge on any atom is -0.381 e. The van der Waals surface area contributed by atoms with Crippen LogP contribution in [-0.4, -0.2) is 37.2 Å². The Morgan fingerprint density at radius 2 is 1.74 bits per heavy atom. The Morgan fingerprint density at radius 3 is 2.37 bits per heavy atom. The molecule has 4 nitrogen and oxygen atoms in total. The number of allylic oxidation sites excluding steroid dienone is 6. The number of rotatable bonds is 6. The van der Waals surface area contributed by atoms with Gasteiger partial charge >= 0.3 is 0 Å². The van der Waals surface area contributed by atoms with Crippen molar-refractivity contribution in [1.82, 2.24) is 4.31 Å². The fourth-order valence-corrected chi connectivity index (χ4v) is 6.97. The maximum atomic E-state index is 15.1. The van der Waals surface area contributed by atoms with Gasteiger partial charge in [0.15, 0.2) is 0 Å².